The predicted molar refractivity (Wildman–Crippen MR) is 142 cm³/mol. The highest BCUT2D eigenvalue weighted by Gasteiger charge is 2.31. The van der Waals surface area contributed by atoms with Crippen LogP contribution in [0.5, 0.6) is 0 Å². The van der Waals surface area contributed by atoms with Gasteiger partial charge in [-0.15, -0.1) is 11.3 Å². The molecule has 9 nitrogen and oxygen atoms in total. The maximum absolute atomic E-state index is 13.1. The van der Waals surface area contributed by atoms with Crippen molar-refractivity contribution in [2.24, 2.45) is 0 Å². The van der Waals surface area contributed by atoms with Crippen molar-refractivity contribution in [3.63, 3.8) is 0 Å². The Hall–Kier alpha value is -2.82. The summed E-state index contributed by atoms with van der Waals surface area (Å²) in [6.07, 6.45) is 9.22. The molecule has 3 aromatic rings. The van der Waals surface area contributed by atoms with Gasteiger partial charge in [0.2, 0.25) is 0 Å². The van der Waals surface area contributed by atoms with Crippen LogP contribution in [0.25, 0.3) is 4.83 Å². The number of likely N-dealkylation sites (tertiary alicyclic amines) is 1. The number of aromatic nitrogens is 3. The molecule has 2 amide bonds. The van der Waals surface area contributed by atoms with Crippen LogP contribution in [0.1, 0.15) is 67.3 Å². The Morgan fingerprint density at radius 3 is 2.86 bits per heavy atom. The fraction of sp³-hybridized carbons (Fsp3) is 0.520. The molecule has 0 radical (unpaired) electrons. The molecule has 1 saturated heterocycles. The van der Waals surface area contributed by atoms with Crippen LogP contribution in [0.3, 0.4) is 0 Å². The van der Waals surface area contributed by atoms with Crippen LogP contribution >= 0.6 is 11.3 Å². The molecule has 192 valence electrons. The minimum Gasteiger partial charge on any atom is -0.385 e. The van der Waals surface area contributed by atoms with Gasteiger partial charge in [0.15, 0.2) is 0 Å². The Morgan fingerprint density at radius 1 is 1.29 bits per heavy atom. The summed E-state index contributed by atoms with van der Waals surface area (Å²) in [5.74, 6) is -0.471. The zero-order chi connectivity index (χ0) is 25.0. The molecule has 1 aliphatic rings. The van der Waals surface area contributed by atoms with Gasteiger partial charge in [-0.25, -0.2) is 4.52 Å². The number of carbonyl (C=O) groups is 2. The van der Waals surface area contributed by atoms with Crippen LogP contribution in [-0.2, 0) is 11.2 Å². The lowest BCUT2D eigenvalue weighted by Crippen LogP contribution is -2.43. The van der Waals surface area contributed by atoms with Crippen molar-refractivity contribution in [3.05, 3.63) is 46.4 Å². The summed E-state index contributed by atoms with van der Waals surface area (Å²) in [5.41, 5.74) is 2.25. The van der Waals surface area contributed by atoms with Crippen molar-refractivity contribution >= 4 is 33.7 Å². The molecular formula is C25H38N6O3S. The number of methoxy groups -OCH3 is 1. The van der Waals surface area contributed by atoms with E-state index >= 15 is 0 Å². The highest BCUT2D eigenvalue weighted by molar-refractivity contribution is 7.17. The Kier molecular flexibility index (Phi) is 7.83. The van der Waals surface area contributed by atoms with Gasteiger partial charge in [0.25, 0.3) is 11.8 Å². The number of carbonyl (C=O) groups excluding carboxylic acids is 2. The lowest BCUT2D eigenvalue weighted by molar-refractivity contribution is 0.0938. The minimum atomic E-state index is -0.274. The molecule has 4 rings (SSSR count). The van der Waals surface area contributed by atoms with Crippen molar-refractivity contribution in [2.45, 2.75) is 52.0 Å². The van der Waals surface area contributed by atoms with Crippen molar-refractivity contribution in [3.8, 4) is 0 Å². The number of ether oxygens (including phenoxy) is 1. The third-order valence-corrected chi connectivity index (χ3v) is 7.77. The monoisotopic (exact) mass is 502 g/mol. The van der Waals surface area contributed by atoms with E-state index < -0.39 is 0 Å². The van der Waals surface area contributed by atoms with Gasteiger partial charge in [0.1, 0.15) is 4.83 Å². The number of hydrogen-bond acceptors (Lipinski definition) is 7. The Balaban J connectivity index is 0.00000241. The molecule has 0 bridgehead atoms. The molecule has 1 fully saturated rings. The lowest BCUT2D eigenvalue weighted by Gasteiger charge is -2.31. The Bertz CT molecular complexity index is 1210. The lowest BCUT2D eigenvalue weighted by atomic mass is 10.0. The van der Waals surface area contributed by atoms with Gasteiger partial charge in [-0.3, -0.25) is 19.5 Å². The summed E-state index contributed by atoms with van der Waals surface area (Å²) < 4.78 is 6.85. The zero-order valence-corrected chi connectivity index (χ0v) is 21.7. The van der Waals surface area contributed by atoms with E-state index in [4.69, 9.17) is 4.74 Å². The topological polar surface area (TPSA) is 101 Å². The number of aryl methyl sites for hydroxylation is 2. The van der Waals surface area contributed by atoms with Gasteiger partial charge in [-0.1, -0.05) is 0 Å². The predicted octanol–water partition coefficient (Wildman–Crippen LogP) is 4.03. The van der Waals surface area contributed by atoms with Crippen molar-refractivity contribution in [1.29, 1.82) is 0 Å². The van der Waals surface area contributed by atoms with E-state index in [9.17, 15) is 9.59 Å². The molecule has 35 heavy (non-hydrogen) atoms. The summed E-state index contributed by atoms with van der Waals surface area (Å²) in [5, 5.41) is 10.2. The smallest absolute Gasteiger partial charge is 0.260 e. The molecule has 0 saturated carbocycles. The van der Waals surface area contributed by atoms with E-state index in [1.165, 1.54) is 12.8 Å². The normalized spacial score (nSPS) is 15.5. The highest BCUT2D eigenvalue weighted by atomic mass is 32.1. The first kappa shape index (κ1) is 25.3. The molecule has 0 aromatic carbocycles. The average molecular weight is 503 g/mol. The molecule has 2 N–H and O–H groups in total. The molecule has 0 atom stereocenters. The molecule has 3 aromatic heterocycles. The van der Waals surface area contributed by atoms with Crippen molar-refractivity contribution < 1.29 is 17.2 Å². The molecule has 1 aliphatic heterocycles. The van der Waals surface area contributed by atoms with Crippen LogP contribution in [0.2, 0.25) is 0 Å². The van der Waals surface area contributed by atoms with Gasteiger partial charge in [-0.05, 0) is 59.1 Å². The maximum Gasteiger partial charge on any atom is 0.260 e. The third-order valence-electron chi connectivity index (χ3n) is 6.60. The van der Waals surface area contributed by atoms with E-state index in [0.29, 0.717) is 35.7 Å². The summed E-state index contributed by atoms with van der Waals surface area (Å²) in [6.45, 7) is 9.43. The second-order valence-corrected chi connectivity index (χ2v) is 10.7. The Morgan fingerprint density at radius 2 is 2.11 bits per heavy atom. The zero-order valence-electron chi connectivity index (χ0n) is 20.9. The number of rotatable bonds is 10. The largest absolute Gasteiger partial charge is 0.385 e. The second-order valence-electron chi connectivity index (χ2n) is 9.57. The number of nitrogens with one attached hydrogen (secondary N) is 2. The summed E-state index contributed by atoms with van der Waals surface area (Å²) in [6, 6.07) is 1.68. The summed E-state index contributed by atoms with van der Waals surface area (Å²) >= 11 is 1.55. The van der Waals surface area contributed by atoms with Crippen LogP contribution in [0.15, 0.2) is 24.7 Å². The summed E-state index contributed by atoms with van der Waals surface area (Å²) in [7, 11) is 1.69. The highest BCUT2D eigenvalue weighted by Crippen LogP contribution is 2.27. The number of nitrogens with zero attached hydrogens (tertiary/aromatic N) is 4. The summed E-state index contributed by atoms with van der Waals surface area (Å²) in [4.78, 5) is 34.5. The molecule has 10 heteroatoms. The quantitative estimate of drug-likeness (QED) is 0.406. The molecule has 0 aliphatic carbocycles. The van der Waals surface area contributed by atoms with Gasteiger partial charge < -0.3 is 15.4 Å². The first-order valence-corrected chi connectivity index (χ1v) is 12.9. The van der Waals surface area contributed by atoms with Gasteiger partial charge in [0, 0.05) is 52.5 Å². The first-order chi connectivity index (χ1) is 16.8. The maximum atomic E-state index is 13.1. The SMILES string of the molecule is COCCCc1cn2ncc(C(=O)Nc3cc(C(=O)NCCN4CCCC4(C)C)cnc3C)c2s1.[HH].[HH]. The fourth-order valence-corrected chi connectivity index (χ4v) is 5.55. The van der Waals surface area contributed by atoms with Crippen molar-refractivity contribution in [1.82, 2.24) is 24.8 Å². The van der Waals surface area contributed by atoms with E-state index in [0.717, 1.165) is 35.6 Å². The number of anilines is 1. The van der Waals surface area contributed by atoms with E-state index in [1.54, 1.807) is 48.3 Å². The van der Waals surface area contributed by atoms with E-state index in [2.05, 4.69) is 39.5 Å². The standard InChI is InChI=1S/C25H34N6O3S.2H2/c1-17-21(13-18(14-27-17)22(32)26-9-11-30-10-6-8-25(30,2)3)29-23(33)20-15-28-31-16-19(35-24(20)31)7-5-12-34-4;;/h13-16H,5-12H2,1-4H3,(H,26,32)(H,29,33);2*1H. The van der Waals surface area contributed by atoms with E-state index in [1.807, 2.05) is 6.20 Å². The molecular weight excluding hydrogens is 464 g/mol. The molecule has 4 heterocycles. The van der Waals surface area contributed by atoms with Gasteiger partial charge >= 0.3 is 0 Å². The molecule has 0 spiro atoms. The fourth-order valence-electron chi connectivity index (χ4n) is 4.45. The van der Waals surface area contributed by atoms with Crippen LogP contribution in [0, 0.1) is 6.92 Å². The second kappa shape index (κ2) is 10.8. The third kappa shape index (κ3) is 5.88. The van der Waals surface area contributed by atoms with Crippen LogP contribution in [-0.4, -0.2) is 70.2 Å². The molecule has 0 unspecified atom stereocenters. The van der Waals surface area contributed by atoms with E-state index in [-0.39, 0.29) is 20.2 Å². The van der Waals surface area contributed by atoms with Crippen LogP contribution in [0.4, 0.5) is 5.69 Å². The first-order valence-electron chi connectivity index (χ1n) is 12.0. The van der Waals surface area contributed by atoms with Crippen molar-refractivity contribution in [2.75, 3.05) is 38.7 Å². The number of fused-ring (bicyclic) bond motifs is 1. The number of hydrogen-bond donors (Lipinski definition) is 2. The minimum absolute atomic E-state index is 0. The number of pyridine rings is 1. The number of amides is 2. The van der Waals surface area contributed by atoms with Crippen LogP contribution < -0.4 is 10.6 Å². The van der Waals surface area contributed by atoms with Gasteiger partial charge in [0.05, 0.1) is 28.7 Å². The van der Waals surface area contributed by atoms with Gasteiger partial charge in [-0.2, -0.15) is 5.10 Å². The average Bonchev–Trinajstić information content (AvgIpc) is 3.49. The Labute approximate surface area is 212 Å². The number of thiazole rings is 1.